The van der Waals surface area contributed by atoms with E-state index >= 15 is 0 Å². The molecule has 3 rings (SSSR count). The molecule has 0 bridgehead atoms. The van der Waals surface area contributed by atoms with E-state index in [2.05, 4.69) is 10.2 Å². The number of carboxylic acid groups (broad SMARTS) is 1. The maximum absolute atomic E-state index is 10.9. The van der Waals surface area contributed by atoms with Crippen molar-refractivity contribution in [3.63, 3.8) is 0 Å². The number of benzene rings is 1. The van der Waals surface area contributed by atoms with Crippen LogP contribution in [0.2, 0.25) is 0 Å². The van der Waals surface area contributed by atoms with Gasteiger partial charge in [0.15, 0.2) is 11.5 Å². The van der Waals surface area contributed by atoms with Crippen molar-refractivity contribution < 1.29 is 24.1 Å². The van der Waals surface area contributed by atoms with E-state index in [-0.39, 0.29) is 5.69 Å². The summed E-state index contributed by atoms with van der Waals surface area (Å²) >= 11 is 0. The van der Waals surface area contributed by atoms with Crippen LogP contribution >= 0.6 is 0 Å². The highest BCUT2D eigenvalue weighted by Crippen LogP contribution is 2.42. The van der Waals surface area contributed by atoms with Crippen molar-refractivity contribution in [3.8, 4) is 28.5 Å². The smallest absolute Gasteiger partial charge is 0.353 e. The third-order valence-corrected chi connectivity index (χ3v) is 2.94. The number of H-pyrrole nitrogens is 1. The van der Waals surface area contributed by atoms with Gasteiger partial charge >= 0.3 is 5.97 Å². The minimum atomic E-state index is -1.07. The van der Waals surface area contributed by atoms with Crippen molar-refractivity contribution >= 4 is 5.97 Å². The Hall–Kier alpha value is -2.70. The van der Waals surface area contributed by atoms with Gasteiger partial charge in [-0.25, -0.2) is 4.79 Å². The molecule has 1 aromatic carbocycles. The van der Waals surface area contributed by atoms with Gasteiger partial charge in [0.25, 0.3) is 0 Å². The maximum Gasteiger partial charge on any atom is 0.353 e. The van der Waals surface area contributed by atoms with Crippen LogP contribution in [0.25, 0.3) is 11.3 Å². The van der Waals surface area contributed by atoms with Gasteiger partial charge in [0.2, 0.25) is 0 Å². The molecule has 20 heavy (non-hydrogen) atoms. The minimum Gasteiger partial charge on any atom is -0.497 e. The van der Waals surface area contributed by atoms with Crippen LogP contribution in [0, 0.1) is 0 Å². The Morgan fingerprint density at radius 2 is 2.15 bits per heavy atom. The molecular formula is C13H12N2O5. The molecule has 2 heterocycles. The molecule has 0 unspecified atom stereocenters. The molecular weight excluding hydrogens is 264 g/mol. The molecule has 0 aliphatic carbocycles. The molecule has 2 N–H and O–H groups in total. The van der Waals surface area contributed by atoms with Gasteiger partial charge in [0.1, 0.15) is 24.7 Å². The van der Waals surface area contributed by atoms with Crippen molar-refractivity contribution in [1.29, 1.82) is 0 Å². The number of hydrogen-bond acceptors (Lipinski definition) is 5. The number of methoxy groups -OCH3 is 1. The van der Waals surface area contributed by atoms with Crippen molar-refractivity contribution in [2.75, 3.05) is 20.3 Å². The average molecular weight is 276 g/mol. The Morgan fingerprint density at radius 1 is 1.35 bits per heavy atom. The zero-order chi connectivity index (χ0) is 14.1. The molecule has 104 valence electrons. The Labute approximate surface area is 114 Å². The van der Waals surface area contributed by atoms with Crippen molar-refractivity contribution in [2.24, 2.45) is 0 Å². The maximum atomic E-state index is 10.9. The predicted molar refractivity (Wildman–Crippen MR) is 68.5 cm³/mol. The molecule has 0 spiro atoms. The lowest BCUT2D eigenvalue weighted by molar-refractivity contribution is 0.0690. The third kappa shape index (κ3) is 2.03. The number of hydrogen-bond donors (Lipinski definition) is 2. The summed E-state index contributed by atoms with van der Waals surface area (Å²) in [6.45, 7) is 0.892. The largest absolute Gasteiger partial charge is 0.497 e. The Morgan fingerprint density at radius 3 is 2.85 bits per heavy atom. The highest BCUT2D eigenvalue weighted by molar-refractivity contribution is 5.87. The first-order valence-electron chi connectivity index (χ1n) is 5.95. The number of aromatic carboxylic acids is 1. The van der Waals surface area contributed by atoms with Crippen LogP contribution in [0.4, 0.5) is 0 Å². The summed E-state index contributed by atoms with van der Waals surface area (Å²) in [5.41, 5.74) is 1.10. The lowest BCUT2D eigenvalue weighted by Gasteiger charge is -2.21. The van der Waals surface area contributed by atoms with Gasteiger partial charge in [-0.2, -0.15) is 5.10 Å². The monoisotopic (exact) mass is 276 g/mol. The first-order valence-corrected chi connectivity index (χ1v) is 5.95. The molecule has 7 heteroatoms. The molecule has 7 nitrogen and oxygen atoms in total. The number of carbonyl (C=O) groups is 1. The molecule has 0 saturated heterocycles. The van der Waals surface area contributed by atoms with Crippen LogP contribution < -0.4 is 14.2 Å². The molecule has 0 saturated carbocycles. The van der Waals surface area contributed by atoms with Crippen LogP contribution in [0.5, 0.6) is 17.2 Å². The average Bonchev–Trinajstić information content (AvgIpc) is 2.96. The second-order valence-electron chi connectivity index (χ2n) is 4.17. The van der Waals surface area contributed by atoms with E-state index in [0.29, 0.717) is 41.7 Å². The first kappa shape index (κ1) is 12.3. The van der Waals surface area contributed by atoms with E-state index in [4.69, 9.17) is 19.3 Å². The number of fused-ring (bicyclic) bond motifs is 1. The number of ether oxygens (including phenoxy) is 3. The second kappa shape index (κ2) is 4.76. The third-order valence-electron chi connectivity index (χ3n) is 2.94. The fraction of sp³-hybridized carbons (Fsp3) is 0.231. The summed E-state index contributed by atoms with van der Waals surface area (Å²) in [5, 5.41) is 15.4. The van der Waals surface area contributed by atoms with E-state index < -0.39 is 5.97 Å². The van der Waals surface area contributed by atoms with Gasteiger partial charge in [-0.15, -0.1) is 0 Å². The van der Waals surface area contributed by atoms with E-state index in [0.717, 1.165) is 0 Å². The van der Waals surface area contributed by atoms with Crippen LogP contribution in [-0.2, 0) is 0 Å². The Kier molecular flexibility index (Phi) is 2.94. The summed E-state index contributed by atoms with van der Waals surface area (Å²) in [7, 11) is 1.54. The van der Waals surface area contributed by atoms with Gasteiger partial charge in [-0.05, 0) is 12.1 Å². The summed E-state index contributed by atoms with van der Waals surface area (Å²) in [6.07, 6.45) is 0. The number of aromatic nitrogens is 2. The SMILES string of the molecule is COc1cc2c(c(-c3cc(C(=O)O)[nH]n3)c1)OCCO2. The molecule has 1 aromatic heterocycles. The molecule has 2 aromatic rings. The van der Waals surface area contributed by atoms with Gasteiger partial charge in [-0.3, -0.25) is 5.10 Å². The number of nitrogens with zero attached hydrogens (tertiary/aromatic N) is 1. The number of nitrogens with one attached hydrogen (secondary N) is 1. The number of rotatable bonds is 3. The molecule has 1 aliphatic heterocycles. The van der Waals surface area contributed by atoms with Crippen LogP contribution in [0.3, 0.4) is 0 Å². The molecule has 0 atom stereocenters. The van der Waals surface area contributed by atoms with Crippen molar-refractivity contribution in [3.05, 3.63) is 23.9 Å². The van der Waals surface area contributed by atoms with Crippen LogP contribution in [0.1, 0.15) is 10.5 Å². The van der Waals surface area contributed by atoms with E-state index in [1.54, 1.807) is 19.2 Å². The fourth-order valence-corrected chi connectivity index (χ4v) is 2.01. The zero-order valence-electron chi connectivity index (χ0n) is 10.7. The Bertz CT molecular complexity index is 665. The summed E-state index contributed by atoms with van der Waals surface area (Å²) in [4.78, 5) is 10.9. The molecule has 0 amide bonds. The van der Waals surface area contributed by atoms with E-state index in [9.17, 15) is 4.79 Å². The fourth-order valence-electron chi connectivity index (χ4n) is 2.01. The quantitative estimate of drug-likeness (QED) is 0.883. The van der Waals surface area contributed by atoms with Crippen molar-refractivity contribution in [2.45, 2.75) is 0 Å². The van der Waals surface area contributed by atoms with Gasteiger partial charge in [0.05, 0.1) is 18.4 Å². The molecule has 0 radical (unpaired) electrons. The Balaban J connectivity index is 2.13. The number of aromatic amines is 1. The van der Waals surface area contributed by atoms with Gasteiger partial charge in [-0.1, -0.05) is 0 Å². The summed E-state index contributed by atoms with van der Waals surface area (Å²) in [5.74, 6) is 0.618. The van der Waals surface area contributed by atoms with Crippen LogP contribution in [0.15, 0.2) is 18.2 Å². The summed E-state index contributed by atoms with van der Waals surface area (Å²) in [6, 6.07) is 4.90. The predicted octanol–water partition coefficient (Wildman–Crippen LogP) is 1.55. The van der Waals surface area contributed by atoms with Gasteiger partial charge < -0.3 is 19.3 Å². The normalized spacial score (nSPS) is 13.1. The standard InChI is InChI=1S/C13H12N2O5/c1-18-7-4-8(9-6-10(13(16)17)15-14-9)12-11(5-7)19-2-3-20-12/h4-6H,2-3H2,1H3,(H,14,15)(H,16,17). The van der Waals surface area contributed by atoms with Gasteiger partial charge in [0, 0.05) is 6.07 Å². The zero-order valence-corrected chi connectivity index (χ0v) is 10.7. The second-order valence-corrected chi connectivity index (χ2v) is 4.17. The van der Waals surface area contributed by atoms with E-state index in [1.165, 1.54) is 6.07 Å². The van der Waals surface area contributed by atoms with Crippen molar-refractivity contribution in [1.82, 2.24) is 10.2 Å². The summed E-state index contributed by atoms with van der Waals surface area (Å²) < 4.78 is 16.3. The van der Waals surface area contributed by atoms with Crippen LogP contribution in [-0.4, -0.2) is 41.6 Å². The van der Waals surface area contributed by atoms with E-state index in [1.807, 2.05) is 0 Å². The highest BCUT2D eigenvalue weighted by atomic mass is 16.6. The molecule has 1 aliphatic rings. The lowest BCUT2D eigenvalue weighted by atomic mass is 10.1. The molecule has 0 fully saturated rings. The topological polar surface area (TPSA) is 93.7 Å². The first-order chi connectivity index (χ1) is 9.69. The minimum absolute atomic E-state index is 0.00768. The number of carboxylic acids is 1. The lowest BCUT2D eigenvalue weighted by Crippen LogP contribution is -2.16. The highest BCUT2D eigenvalue weighted by Gasteiger charge is 2.21.